The molecule has 2 amide bonds. The Bertz CT molecular complexity index is 827. The molecule has 1 aliphatic rings. The fraction of sp³-hybridized carbons (Fsp3) is 0.222. The molecule has 0 aliphatic carbocycles. The van der Waals surface area contributed by atoms with Crippen LogP contribution >= 0.6 is 0 Å². The van der Waals surface area contributed by atoms with Gasteiger partial charge in [0.25, 0.3) is 11.8 Å². The summed E-state index contributed by atoms with van der Waals surface area (Å²) < 4.78 is 5.47. The summed E-state index contributed by atoms with van der Waals surface area (Å²) in [7, 11) is 0. The number of hydrogen-bond acceptors (Lipinski definition) is 5. The van der Waals surface area contributed by atoms with E-state index in [0.29, 0.717) is 17.5 Å². The minimum atomic E-state index is -0.494. The third-order valence-corrected chi connectivity index (χ3v) is 3.97. The molecular weight excluding hydrogens is 324 g/mol. The van der Waals surface area contributed by atoms with Crippen molar-refractivity contribution < 1.29 is 19.2 Å². The summed E-state index contributed by atoms with van der Waals surface area (Å²) in [6.45, 7) is 2.13. The first-order chi connectivity index (χ1) is 12.0. The molecule has 128 valence electrons. The summed E-state index contributed by atoms with van der Waals surface area (Å²) in [5.74, 6) is -0.457. The Kier molecular flexibility index (Phi) is 4.47. The SMILES string of the molecule is Cc1ccc(OCCCN2C(=O)c3ccccc3C2=O)c([N+](=O)[O-])c1. The van der Waals surface area contributed by atoms with E-state index >= 15 is 0 Å². The van der Waals surface area contributed by atoms with E-state index in [1.165, 1.54) is 11.0 Å². The molecule has 1 aliphatic heterocycles. The molecule has 0 N–H and O–H groups in total. The van der Waals surface area contributed by atoms with Gasteiger partial charge in [0.05, 0.1) is 22.7 Å². The van der Waals surface area contributed by atoms with Gasteiger partial charge in [-0.2, -0.15) is 0 Å². The van der Waals surface area contributed by atoms with Gasteiger partial charge in [0, 0.05) is 12.6 Å². The molecule has 0 saturated carbocycles. The maximum Gasteiger partial charge on any atom is 0.311 e. The lowest BCUT2D eigenvalue weighted by Crippen LogP contribution is -2.31. The second-order valence-electron chi connectivity index (χ2n) is 5.74. The Labute approximate surface area is 144 Å². The molecule has 0 fully saturated rings. The van der Waals surface area contributed by atoms with Crippen LogP contribution in [-0.4, -0.2) is 34.8 Å². The van der Waals surface area contributed by atoms with Gasteiger partial charge in [-0.05, 0) is 37.1 Å². The molecule has 0 radical (unpaired) electrons. The van der Waals surface area contributed by atoms with Crippen LogP contribution < -0.4 is 4.74 Å². The third kappa shape index (κ3) is 3.21. The number of amides is 2. The highest BCUT2D eigenvalue weighted by Crippen LogP contribution is 2.28. The Morgan fingerprint density at radius 3 is 2.32 bits per heavy atom. The molecule has 7 heteroatoms. The average Bonchev–Trinajstić information content (AvgIpc) is 2.84. The number of rotatable bonds is 6. The predicted octanol–water partition coefficient (Wildman–Crippen LogP) is 2.97. The standard InChI is InChI=1S/C18H16N2O5/c1-12-7-8-16(15(11-12)20(23)24)25-10-4-9-19-17(21)13-5-2-3-6-14(13)18(19)22/h2-3,5-8,11H,4,9-10H2,1H3. The van der Waals surface area contributed by atoms with Crippen LogP contribution in [0.4, 0.5) is 5.69 Å². The van der Waals surface area contributed by atoms with E-state index in [1.807, 2.05) is 0 Å². The van der Waals surface area contributed by atoms with Crippen molar-refractivity contribution in [1.82, 2.24) is 4.90 Å². The number of imide groups is 1. The molecule has 0 bridgehead atoms. The minimum absolute atomic E-state index is 0.0965. The molecule has 0 saturated heterocycles. The normalized spacial score (nSPS) is 13.1. The Hall–Kier alpha value is -3.22. The highest BCUT2D eigenvalue weighted by Gasteiger charge is 2.34. The zero-order chi connectivity index (χ0) is 18.0. The van der Waals surface area contributed by atoms with Crippen molar-refractivity contribution >= 4 is 17.5 Å². The van der Waals surface area contributed by atoms with Gasteiger partial charge in [0.2, 0.25) is 0 Å². The van der Waals surface area contributed by atoms with Gasteiger partial charge >= 0.3 is 5.69 Å². The Morgan fingerprint density at radius 2 is 1.72 bits per heavy atom. The third-order valence-electron chi connectivity index (χ3n) is 3.97. The number of carbonyl (C=O) groups is 2. The molecular formula is C18H16N2O5. The van der Waals surface area contributed by atoms with Gasteiger partial charge in [0.15, 0.2) is 5.75 Å². The van der Waals surface area contributed by atoms with Gasteiger partial charge in [-0.25, -0.2) is 0 Å². The number of carbonyl (C=O) groups excluding carboxylic acids is 2. The predicted molar refractivity (Wildman–Crippen MR) is 89.8 cm³/mol. The molecule has 3 rings (SSSR count). The summed E-state index contributed by atoms with van der Waals surface area (Å²) in [6.07, 6.45) is 0.385. The van der Waals surface area contributed by atoms with Crippen molar-refractivity contribution in [2.75, 3.05) is 13.2 Å². The van der Waals surface area contributed by atoms with Crippen LogP contribution in [-0.2, 0) is 0 Å². The number of hydrogen-bond donors (Lipinski definition) is 0. The summed E-state index contributed by atoms with van der Waals surface area (Å²) in [5.41, 5.74) is 1.48. The van der Waals surface area contributed by atoms with Crippen LogP contribution in [0.15, 0.2) is 42.5 Å². The molecule has 2 aromatic rings. The van der Waals surface area contributed by atoms with E-state index < -0.39 is 4.92 Å². The monoisotopic (exact) mass is 340 g/mol. The van der Waals surface area contributed by atoms with E-state index in [0.717, 1.165) is 5.56 Å². The fourth-order valence-corrected chi connectivity index (χ4v) is 2.74. The number of aryl methyl sites for hydroxylation is 1. The van der Waals surface area contributed by atoms with E-state index in [4.69, 9.17) is 4.74 Å². The van der Waals surface area contributed by atoms with Crippen molar-refractivity contribution in [3.05, 3.63) is 69.3 Å². The lowest BCUT2D eigenvalue weighted by molar-refractivity contribution is -0.385. The Morgan fingerprint density at radius 1 is 1.08 bits per heavy atom. The molecule has 0 spiro atoms. The largest absolute Gasteiger partial charge is 0.487 e. The zero-order valence-corrected chi connectivity index (χ0v) is 13.6. The van der Waals surface area contributed by atoms with E-state index in [2.05, 4.69) is 0 Å². The molecule has 2 aromatic carbocycles. The minimum Gasteiger partial charge on any atom is -0.487 e. The lowest BCUT2D eigenvalue weighted by atomic mass is 10.1. The van der Waals surface area contributed by atoms with Crippen LogP contribution in [0.5, 0.6) is 5.75 Å². The maximum atomic E-state index is 12.2. The number of fused-ring (bicyclic) bond motifs is 1. The quantitative estimate of drug-likeness (QED) is 0.349. The van der Waals surface area contributed by atoms with Crippen LogP contribution in [0.1, 0.15) is 32.7 Å². The first-order valence-electron chi connectivity index (χ1n) is 7.82. The van der Waals surface area contributed by atoms with E-state index in [1.54, 1.807) is 43.3 Å². The topological polar surface area (TPSA) is 89.8 Å². The number of nitro benzene ring substituents is 1. The molecule has 0 unspecified atom stereocenters. The van der Waals surface area contributed by atoms with E-state index in [-0.39, 0.29) is 36.4 Å². The van der Waals surface area contributed by atoms with Crippen molar-refractivity contribution in [2.45, 2.75) is 13.3 Å². The zero-order valence-electron chi connectivity index (χ0n) is 13.6. The second kappa shape index (κ2) is 6.72. The first-order valence-corrected chi connectivity index (χ1v) is 7.82. The summed E-state index contributed by atoms with van der Waals surface area (Å²) in [5, 5.41) is 11.1. The van der Waals surface area contributed by atoms with Crippen LogP contribution in [0.3, 0.4) is 0 Å². The van der Waals surface area contributed by atoms with Crippen molar-refractivity contribution in [3.63, 3.8) is 0 Å². The fourth-order valence-electron chi connectivity index (χ4n) is 2.74. The smallest absolute Gasteiger partial charge is 0.311 e. The highest BCUT2D eigenvalue weighted by molar-refractivity contribution is 6.21. The van der Waals surface area contributed by atoms with Crippen LogP contribution in [0, 0.1) is 17.0 Å². The van der Waals surface area contributed by atoms with Crippen LogP contribution in [0.25, 0.3) is 0 Å². The van der Waals surface area contributed by atoms with Gasteiger partial charge in [-0.3, -0.25) is 24.6 Å². The lowest BCUT2D eigenvalue weighted by Gasteiger charge is -2.14. The van der Waals surface area contributed by atoms with Gasteiger partial charge in [0.1, 0.15) is 0 Å². The number of nitro groups is 1. The van der Waals surface area contributed by atoms with E-state index in [9.17, 15) is 19.7 Å². The molecule has 7 nitrogen and oxygen atoms in total. The average molecular weight is 340 g/mol. The summed E-state index contributed by atoms with van der Waals surface area (Å²) in [6, 6.07) is 11.4. The molecule has 1 heterocycles. The maximum absolute atomic E-state index is 12.2. The number of nitrogens with zero attached hydrogens (tertiary/aromatic N) is 2. The summed E-state index contributed by atoms with van der Waals surface area (Å²) >= 11 is 0. The molecule has 25 heavy (non-hydrogen) atoms. The molecule has 0 aromatic heterocycles. The first kappa shape index (κ1) is 16.6. The number of benzene rings is 2. The number of ether oxygens (including phenoxy) is 1. The highest BCUT2D eigenvalue weighted by atomic mass is 16.6. The van der Waals surface area contributed by atoms with Crippen LogP contribution in [0.2, 0.25) is 0 Å². The van der Waals surface area contributed by atoms with Gasteiger partial charge in [-0.15, -0.1) is 0 Å². The van der Waals surface area contributed by atoms with Crippen molar-refractivity contribution in [1.29, 1.82) is 0 Å². The Balaban J connectivity index is 1.59. The van der Waals surface area contributed by atoms with Gasteiger partial charge in [-0.1, -0.05) is 18.2 Å². The van der Waals surface area contributed by atoms with Crippen molar-refractivity contribution in [2.24, 2.45) is 0 Å². The summed E-state index contributed by atoms with van der Waals surface area (Å²) in [4.78, 5) is 36.2. The van der Waals surface area contributed by atoms with Gasteiger partial charge < -0.3 is 4.74 Å². The second-order valence-corrected chi connectivity index (χ2v) is 5.74. The molecule has 0 atom stereocenters. The van der Waals surface area contributed by atoms with Crippen molar-refractivity contribution in [3.8, 4) is 5.75 Å².